The highest BCUT2D eigenvalue weighted by Crippen LogP contribution is 2.56. The van der Waals surface area contributed by atoms with Crippen LogP contribution >= 0.6 is 0 Å². The molecule has 148 heavy (non-hydrogen) atoms. The van der Waals surface area contributed by atoms with E-state index in [0.717, 1.165) is 39.8 Å². The number of hydrogen-bond acceptors (Lipinski definition) is 2. The number of nitrogens with zero attached hydrogens (tertiary/aromatic N) is 6. The van der Waals surface area contributed by atoms with Crippen LogP contribution in [-0.2, 0) is 10.8 Å². The van der Waals surface area contributed by atoms with E-state index >= 15 is 0 Å². The third-order valence-electron chi connectivity index (χ3n) is 31.6. The Morgan fingerprint density at radius 1 is 0.142 bits per heavy atom. The van der Waals surface area contributed by atoms with Crippen molar-refractivity contribution < 1.29 is 0 Å². The molecule has 0 unspecified atom stereocenters. The first-order valence-electron chi connectivity index (χ1n) is 51.4. The van der Waals surface area contributed by atoms with Gasteiger partial charge in [-0.05, 0) is 305 Å². The van der Waals surface area contributed by atoms with Crippen LogP contribution in [0.25, 0.3) is 210 Å². The van der Waals surface area contributed by atoms with Crippen molar-refractivity contribution in [3.8, 4) is 112 Å². The third-order valence-corrected chi connectivity index (χ3v) is 31.6. The monoisotopic (exact) mass is 1890 g/mol. The molecule has 27 aromatic rings. The Kier molecular flexibility index (Phi) is 20.6. The number of rotatable bonds is 16. The minimum atomic E-state index is -0.267. The third kappa shape index (κ3) is 14.4. The van der Waals surface area contributed by atoms with Crippen molar-refractivity contribution in [2.75, 3.05) is 9.80 Å². The molecule has 29 rings (SSSR count). The first-order valence-corrected chi connectivity index (χ1v) is 51.4. The van der Waals surface area contributed by atoms with Gasteiger partial charge in [-0.2, -0.15) is 0 Å². The molecule has 0 aliphatic heterocycles. The van der Waals surface area contributed by atoms with Crippen LogP contribution in [-0.4, -0.2) is 18.3 Å². The van der Waals surface area contributed by atoms with E-state index in [1.54, 1.807) is 0 Å². The first-order chi connectivity index (χ1) is 72.9. The van der Waals surface area contributed by atoms with Crippen molar-refractivity contribution in [2.45, 2.75) is 38.5 Å². The van der Waals surface area contributed by atoms with E-state index in [2.05, 4.69) is 590 Å². The van der Waals surface area contributed by atoms with Gasteiger partial charge in [0.25, 0.3) is 0 Å². The maximum Gasteiger partial charge on any atom is 0.0547 e. The summed E-state index contributed by atoms with van der Waals surface area (Å²) in [5.41, 5.74) is 45.5. The zero-order valence-electron chi connectivity index (χ0n) is 82.5. The molecule has 0 amide bonds. The molecule has 23 aromatic carbocycles. The Morgan fingerprint density at radius 2 is 0.385 bits per heavy atom. The summed E-state index contributed by atoms with van der Waals surface area (Å²) in [7, 11) is 0. The second-order valence-electron chi connectivity index (χ2n) is 40.6. The summed E-state index contributed by atoms with van der Waals surface area (Å²) in [6, 6.07) is 196. The van der Waals surface area contributed by atoms with Gasteiger partial charge in [0, 0.05) is 110 Å². The average Bonchev–Trinajstić information content (AvgIpc) is 1.54. The first kappa shape index (κ1) is 87.0. The van der Waals surface area contributed by atoms with E-state index in [-0.39, 0.29) is 10.8 Å². The number of benzene rings is 23. The van der Waals surface area contributed by atoms with E-state index in [0.29, 0.717) is 0 Å². The van der Waals surface area contributed by atoms with Gasteiger partial charge in [-0.15, -0.1) is 0 Å². The molecule has 6 heteroatoms. The van der Waals surface area contributed by atoms with Crippen LogP contribution in [0.2, 0.25) is 0 Å². The highest BCUT2D eigenvalue weighted by Gasteiger charge is 2.39. The summed E-state index contributed by atoms with van der Waals surface area (Å²) in [5, 5.41) is 12.4. The lowest BCUT2D eigenvalue weighted by Crippen LogP contribution is -2.17. The van der Waals surface area contributed by atoms with Crippen molar-refractivity contribution in [3.63, 3.8) is 0 Å². The maximum absolute atomic E-state index is 2.48. The van der Waals surface area contributed by atoms with Crippen molar-refractivity contribution in [3.05, 3.63) is 556 Å². The summed E-state index contributed by atoms with van der Waals surface area (Å²) < 4.78 is 9.58. The van der Waals surface area contributed by atoms with Crippen LogP contribution in [0, 0.1) is 0 Å². The molecule has 0 fully saturated rings. The second-order valence-corrected chi connectivity index (χ2v) is 40.6. The van der Waals surface area contributed by atoms with Gasteiger partial charge in [0.2, 0.25) is 0 Å². The Labute approximate surface area is 860 Å². The molecule has 698 valence electrons. The zero-order chi connectivity index (χ0) is 98.4. The molecule has 2 aliphatic rings. The van der Waals surface area contributed by atoms with Gasteiger partial charge in [-0.1, -0.05) is 373 Å². The van der Waals surface area contributed by atoms with E-state index in [1.807, 2.05) is 0 Å². The Bertz CT molecular complexity index is 9920. The Morgan fingerprint density at radius 3 is 0.791 bits per heavy atom. The highest BCUT2D eigenvalue weighted by atomic mass is 15.2. The quantitative estimate of drug-likeness (QED) is 0.0964. The lowest BCUT2D eigenvalue weighted by Gasteiger charge is -2.29. The lowest BCUT2D eigenvalue weighted by molar-refractivity contribution is 0.660. The molecule has 0 saturated carbocycles. The number of para-hydroxylation sites is 8. The number of fused-ring (bicyclic) bond motifs is 19. The zero-order valence-corrected chi connectivity index (χ0v) is 82.5. The maximum atomic E-state index is 2.48. The molecule has 0 N–H and O–H groups in total. The summed E-state index contributed by atoms with van der Waals surface area (Å²) >= 11 is 0. The van der Waals surface area contributed by atoms with Crippen LogP contribution < -0.4 is 9.80 Å². The van der Waals surface area contributed by atoms with Gasteiger partial charge in [-0.25, -0.2) is 0 Å². The van der Waals surface area contributed by atoms with Crippen molar-refractivity contribution in [1.29, 1.82) is 0 Å². The molecule has 0 radical (unpaired) electrons. The second kappa shape index (κ2) is 35.0. The number of anilines is 6. The molecule has 6 nitrogen and oxygen atoms in total. The average molecular weight is 1890 g/mol. The van der Waals surface area contributed by atoms with Crippen molar-refractivity contribution >= 4 is 132 Å². The van der Waals surface area contributed by atoms with Crippen molar-refractivity contribution in [2.24, 2.45) is 0 Å². The minimum Gasteiger partial charge on any atom is -0.310 e. The van der Waals surface area contributed by atoms with Gasteiger partial charge in [-0.3, -0.25) is 0 Å². The number of hydrogen-bond donors (Lipinski definition) is 0. The molecule has 0 saturated heterocycles. The highest BCUT2D eigenvalue weighted by molar-refractivity contribution is 6.16. The topological polar surface area (TPSA) is 26.2 Å². The van der Waals surface area contributed by atoms with E-state index in [4.69, 9.17) is 0 Å². The summed E-state index contributed by atoms with van der Waals surface area (Å²) in [5.74, 6) is 0. The Hall–Kier alpha value is -18.9. The largest absolute Gasteiger partial charge is 0.310 e. The SMILES string of the molecule is CC1(C)c2cc(-c3ccc4c5ccccc5n(-c5ccccc5)c4c3)ccc2-c2ccc(N(c3ccc(-c4ccccc4)cc3)c3ccc(-c4ccc5c(c4)c4ccccc4n5-c4ccccc4)c4ccccc34)cc21.CC1(C)c2cc(-c3ccc4c5ccccc5n(-c5ccccc5)c4c3)ccc2-c2ccc(N(c3ccc(-c4ccccc4)cc3)c3ccc(-c4ccc5c(c4)c4ccccc4n5-c4ccccc4)cc3)cc21. The van der Waals surface area contributed by atoms with Crippen LogP contribution in [0.5, 0.6) is 0 Å². The Balaban J connectivity index is 0.000000143. The van der Waals surface area contributed by atoms with Gasteiger partial charge in [0.1, 0.15) is 0 Å². The summed E-state index contributed by atoms with van der Waals surface area (Å²) in [6.07, 6.45) is 0. The normalized spacial score (nSPS) is 12.7. The fourth-order valence-electron chi connectivity index (χ4n) is 24.4. The lowest BCUT2D eigenvalue weighted by atomic mass is 9.81. The minimum absolute atomic E-state index is 0.241. The standard InChI is InChI=1S/C73H51N3.C69H49N3/c1-73(2)66-45-50(51-33-39-64-62-26-14-16-28-68(62)76(72(64)46-51)54-22-10-5-11-23-54)32-38-59(66)60-40-37-56(47-67(60)73)74(55-35-30-49(31-36-55)48-18-6-3-7-19-48)70-43-41-57(58-24-12-13-25-61(58)70)52-34-42-71-65(44-52)63-27-15-17-29-69(63)75(71)53-20-8-4-9-21-53;1-69(2)63-43-50(51-31-39-61-59-22-12-14-24-65(59)72(68(61)44-51)53-20-10-5-11-21-53)30-38-57(63)58-40-37-56(45-64(58)69)70(54-33-26-47(27-34-54)46-16-6-3-7-17-46)55-35-28-48(29-36-55)49-32-41-67-62(42-49)60-23-13-15-25-66(60)71(67)52-18-8-4-9-19-52/h3-47H,1-2H3;3-45H,1-2H3. The molecule has 4 heterocycles. The molecular weight excluding hydrogens is 1790 g/mol. The van der Waals surface area contributed by atoms with Gasteiger partial charge >= 0.3 is 0 Å². The summed E-state index contributed by atoms with van der Waals surface area (Å²) in [6.45, 7) is 9.59. The number of aromatic nitrogens is 4. The predicted molar refractivity (Wildman–Crippen MR) is 625 cm³/mol. The van der Waals surface area contributed by atoms with Gasteiger partial charge in [0.15, 0.2) is 0 Å². The van der Waals surface area contributed by atoms with Crippen molar-refractivity contribution in [1.82, 2.24) is 18.3 Å². The van der Waals surface area contributed by atoms with Gasteiger partial charge in [0.05, 0.1) is 49.8 Å². The van der Waals surface area contributed by atoms with Gasteiger partial charge < -0.3 is 28.1 Å². The van der Waals surface area contributed by atoms with Crippen LogP contribution in [0.3, 0.4) is 0 Å². The molecular formula is C142H100N6. The molecule has 2 aliphatic carbocycles. The molecule has 0 bridgehead atoms. The van der Waals surface area contributed by atoms with E-state index in [1.165, 1.54) is 226 Å². The fourth-order valence-corrected chi connectivity index (χ4v) is 24.4. The molecule has 0 atom stereocenters. The van der Waals surface area contributed by atoms with Crippen LogP contribution in [0.1, 0.15) is 49.9 Å². The van der Waals surface area contributed by atoms with Crippen LogP contribution in [0.4, 0.5) is 34.1 Å². The smallest absolute Gasteiger partial charge is 0.0547 e. The molecule has 4 aromatic heterocycles. The molecule has 0 spiro atoms. The van der Waals surface area contributed by atoms with E-state index in [9.17, 15) is 0 Å². The predicted octanol–water partition coefficient (Wildman–Crippen LogP) is 38.5. The fraction of sp³-hybridized carbons (Fsp3) is 0.0423. The summed E-state index contributed by atoms with van der Waals surface area (Å²) in [4.78, 5) is 4.89. The van der Waals surface area contributed by atoms with Crippen LogP contribution in [0.15, 0.2) is 534 Å². The van der Waals surface area contributed by atoms with E-state index < -0.39 is 0 Å².